The van der Waals surface area contributed by atoms with Crippen LogP contribution in [0.5, 0.6) is 11.5 Å². The Morgan fingerprint density at radius 3 is 2.21 bits per heavy atom. The zero-order valence-corrected chi connectivity index (χ0v) is 21.5. The predicted octanol–water partition coefficient (Wildman–Crippen LogP) is 2.88. The highest BCUT2D eigenvalue weighted by atomic mass is 16.5. The van der Waals surface area contributed by atoms with Crippen LogP contribution in [0.1, 0.15) is 44.8 Å². The highest BCUT2D eigenvalue weighted by molar-refractivity contribution is 6.21. The molecule has 3 aromatic carbocycles. The van der Waals surface area contributed by atoms with Crippen LogP contribution in [-0.2, 0) is 9.53 Å². The number of imide groups is 1. The molecule has 3 amide bonds. The highest BCUT2D eigenvalue weighted by Crippen LogP contribution is 2.32. The molecular formula is C28H29N5O6. The van der Waals surface area contributed by atoms with Gasteiger partial charge in [-0.15, -0.1) is 0 Å². The van der Waals surface area contributed by atoms with Crippen LogP contribution in [0.15, 0.2) is 66.7 Å². The third-order valence-electron chi connectivity index (χ3n) is 5.93. The highest BCUT2D eigenvalue weighted by Gasteiger charge is 2.38. The third kappa shape index (κ3) is 5.99. The Morgan fingerprint density at radius 2 is 1.62 bits per heavy atom. The number of methoxy groups -OCH3 is 1. The van der Waals surface area contributed by atoms with E-state index in [9.17, 15) is 14.4 Å². The van der Waals surface area contributed by atoms with Gasteiger partial charge in [-0.25, -0.2) is 0 Å². The maximum Gasteiger partial charge on any atom is 0.280 e. The second-order valence-corrected chi connectivity index (χ2v) is 8.52. The SMILES string of the molecule is CCOc1cc(C(Nc2ccc(C(=N)N)cc2)C(=O)NN2C(=O)c3ccccc3C2=O)ccc1OCCOC. The van der Waals surface area contributed by atoms with E-state index in [2.05, 4.69) is 10.7 Å². The number of amides is 3. The van der Waals surface area contributed by atoms with Gasteiger partial charge in [-0.2, -0.15) is 5.01 Å². The minimum atomic E-state index is -1.05. The van der Waals surface area contributed by atoms with Crippen molar-refractivity contribution in [2.45, 2.75) is 13.0 Å². The summed E-state index contributed by atoms with van der Waals surface area (Å²) in [5.41, 5.74) is 10.00. The van der Waals surface area contributed by atoms with Crippen molar-refractivity contribution in [3.8, 4) is 11.5 Å². The first-order chi connectivity index (χ1) is 18.8. The first kappa shape index (κ1) is 27.1. The maximum absolute atomic E-state index is 13.6. The Balaban J connectivity index is 1.65. The van der Waals surface area contributed by atoms with Gasteiger partial charge in [0.2, 0.25) is 0 Å². The Hall–Kier alpha value is -4.90. The van der Waals surface area contributed by atoms with E-state index in [4.69, 9.17) is 25.4 Å². The van der Waals surface area contributed by atoms with Crippen molar-refractivity contribution in [2.24, 2.45) is 5.73 Å². The Labute approximate surface area is 225 Å². The molecule has 5 N–H and O–H groups in total. The number of hydrogen-bond donors (Lipinski definition) is 4. The number of nitrogen functional groups attached to an aromatic ring is 1. The van der Waals surface area contributed by atoms with E-state index in [0.29, 0.717) is 53.1 Å². The number of benzene rings is 3. The molecule has 11 nitrogen and oxygen atoms in total. The summed E-state index contributed by atoms with van der Waals surface area (Å²) < 4.78 is 16.6. The molecule has 11 heteroatoms. The molecule has 3 aromatic rings. The maximum atomic E-state index is 13.6. The molecule has 0 bridgehead atoms. The van der Waals surface area contributed by atoms with Crippen molar-refractivity contribution in [3.63, 3.8) is 0 Å². The van der Waals surface area contributed by atoms with E-state index in [-0.39, 0.29) is 17.0 Å². The van der Waals surface area contributed by atoms with Gasteiger partial charge in [0, 0.05) is 18.4 Å². The minimum Gasteiger partial charge on any atom is -0.490 e. The van der Waals surface area contributed by atoms with Crippen molar-refractivity contribution >= 4 is 29.2 Å². The average Bonchev–Trinajstić information content (AvgIpc) is 3.18. The smallest absolute Gasteiger partial charge is 0.280 e. The molecular weight excluding hydrogens is 502 g/mol. The van der Waals surface area contributed by atoms with E-state index in [0.717, 1.165) is 0 Å². The minimum absolute atomic E-state index is 0.0908. The molecule has 0 radical (unpaired) electrons. The normalized spacial score (nSPS) is 13.0. The van der Waals surface area contributed by atoms with Crippen LogP contribution in [0.3, 0.4) is 0 Å². The standard InChI is InChI=1S/C28H29N5O6/c1-3-38-23-16-18(10-13-22(23)39-15-14-37-2)24(31-19-11-8-17(9-12-19)25(29)30)26(34)32-33-27(35)20-6-4-5-7-21(20)28(33)36/h4-13,16,24,31H,3,14-15H2,1-2H3,(H3,29,30)(H,32,34). The van der Waals surface area contributed by atoms with Gasteiger partial charge in [-0.1, -0.05) is 18.2 Å². The first-order valence-electron chi connectivity index (χ1n) is 12.2. The number of carbonyl (C=O) groups excluding carboxylic acids is 3. The monoisotopic (exact) mass is 531 g/mol. The van der Waals surface area contributed by atoms with Crippen molar-refractivity contribution in [2.75, 3.05) is 32.2 Å². The molecule has 1 atom stereocenters. The Bertz CT molecular complexity index is 1360. The average molecular weight is 532 g/mol. The molecule has 1 unspecified atom stereocenters. The van der Waals surface area contributed by atoms with Gasteiger partial charge in [0.15, 0.2) is 11.5 Å². The number of nitrogens with two attached hydrogens (primary N) is 1. The molecule has 0 saturated heterocycles. The summed E-state index contributed by atoms with van der Waals surface area (Å²) in [5, 5.41) is 11.5. The van der Waals surface area contributed by atoms with E-state index in [1.54, 1.807) is 61.7 Å². The van der Waals surface area contributed by atoms with E-state index in [1.807, 2.05) is 6.92 Å². The third-order valence-corrected chi connectivity index (χ3v) is 5.93. The van der Waals surface area contributed by atoms with Crippen LogP contribution in [0.4, 0.5) is 5.69 Å². The van der Waals surface area contributed by atoms with Gasteiger partial charge in [-0.05, 0) is 61.0 Å². The lowest BCUT2D eigenvalue weighted by Crippen LogP contribution is -2.48. The van der Waals surface area contributed by atoms with Crippen LogP contribution in [-0.4, -0.2) is 55.5 Å². The fourth-order valence-electron chi connectivity index (χ4n) is 4.01. The number of rotatable bonds is 12. The number of nitrogens with zero attached hydrogens (tertiary/aromatic N) is 1. The lowest BCUT2D eigenvalue weighted by Gasteiger charge is -2.24. The second-order valence-electron chi connectivity index (χ2n) is 8.52. The van der Waals surface area contributed by atoms with Gasteiger partial charge >= 0.3 is 0 Å². The fraction of sp³-hybridized carbons (Fsp3) is 0.214. The summed E-state index contributed by atoms with van der Waals surface area (Å²) >= 11 is 0. The number of amidine groups is 1. The van der Waals surface area contributed by atoms with Gasteiger partial charge in [0.25, 0.3) is 17.7 Å². The molecule has 0 aliphatic carbocycles. The molecule has 1 aliphatic rings. The second kappa shape index (κ2) is 12.1. The van der Waals surface area contributed by atoms with Crippen molar-refractivity contribution < 1.29 is 28.6 Å². The molecule has 1 heterocycles. The van der Waals surface area contributed by atoms with Crippen molar-refractivity contribution in [1.29, 1.82) is 5.41 Å². The molecule has 4 rings (SSSR count). The van der Waals surface area contributed by atoms with Gasteiger partial charge in [0.1, 0.15) is 18.5 Å². The van der Waals surface area contributed by atoms with Crippen molar-refractivity contribution in [1.82, 2.24) is 10.4 Å². The number of carbonyl (C=O) groups is 3. The number of ether oxygens (including phenoxy) is 3. The summed E-state index contributed by atoms with van der Waals surface area (Å²) in [6, 6.07) is 17.0. The number of hydrogen-bond acceptors (Lipinski definition) is 8. The summed E-state index contributed by atoms with van der Waals surface area (Å²) in [6.07, 6.45) is 0. The zero-order valence-electron chi connectivity index (χ0n) is 21.5. The molecule has 1 aliphatic heterocycles. The summed E-state index contributed by atoms with van der Waals surface area (Å²) in [5.74, 6) is -1.10. The lowest BCUT2D eigenvalue weighted by atomic mass is 10.0. The molecule has 0 aromatic heterocycles. The molecule has 0 spiro atoms. The molecule has 202 valence electrons. The quantitative estimate of drug-likeness (QED) is 0.120. The number of anilines is 1. The van der Waals surface area contributed by atoms with E-state index >= 15 is 0 Å². The topological polar surface area (TPSA) is 156 Å². The summed E-state index contributed by atoms with van der Waals surface area (Å²) in [4.78, 5) is 39.3. The van der Waals surface area contributed by atoms with Crippen LogP contribution in [0.2, 0.25) is 0 Å². The van der Waals surface area contributed by atoms with Crippen molar-refractivity contribution in [3.05, 3.63) is 89.0 Å². The molecule has 0 saturated carbocycles. The van der Waals surface area contributed by atoms with E-state index in [1.165, 1.54) is 12.1 Å². The Morgan fingerprint density at radius 1 is 0.949 bits per heavy atom. The van der Waals surface area contributed by atoms with Crippen LogP contribution >= 0.6 is 0 Å². The lowest BCUT2D eigenvalue weighted by molar-refractivity contribution is -0.125. The van der Waals surface area contributed by atoms with Gasteiger partial charge in [-0.3, -0.25) is 25.2 Å². The van der Waals surface area contributed by atoms with Crippen LogP contribution in [0.25, 0.3) is 0 Å². The fourth-order valence-corrected chi connectivity index (χ4v) is 4.01. The largest absolute Gasteiger partial charge is 0.490 e. The van der Waals surface area contributed by atoms with Gasteiger partial charge < -0.3 is 25.3 Å². The zero-order chi connectivity index (χ0) is 27.9. The summed E-state index contributed by atoms with van der Waals surface area (Å²) in [6.45, 7) is 2.87. The number of nitrogens with one attached hydrogen (secondary N) is 3. The van der Waals surface area contributed by atoms with E-state index < -0.39 is 23.8 Å². The van der Waals surface area contributed by atoms with Crippen LogP contribution < -0.4 is 25.9 Å². The summed E-state index contributed by atoms with van der Waals surface area (Å²) in [7, 11) is 1.57. The number of hydrazine groups is 1. The molecule has 0 fully saturated rings. The Kier molecular flexibility index (Phi) is 8.42. The van der Waals surface area contributed by atoms with Gasteiger partial charge in [0.05, 0.1) is 24.3 Å². The first-order valence-corrected chi connectivity index (χ1v) is 12.2. The predicted molar refractivity (Wildman–Crippen MR) is 144 cm³/mol. The molecule has 39 heavy (non-hydrogen) atoms. The number of fused-ring (bicyclic) bond motifs is 1. The van der Waals surface area contributed by atoms with Crippen LogP contribution in [0, 0.1) is 5.41 Å².